The highest BCUT2D eigenvalue weighted by Gasteiger charge is 2.09. The molecular weight excluding hydrogens is 248 g/mol. The second kappa shape index (κ2) is 3.96. The Morgan fingerprint density at radius 2 is 2.17 bits per heavy atom. The van der Waals surface area contributed by atoms with Crippen LogP contribution in [0.3, 0.4) is 0 Å². The van der Waals surface area contributed by atoms with Crippen LogP contribution in [0.5, 0.6) is 0 Å². The summed E-state index contributed by atoms with van der Waals surface area (Å²) in [6.07, 6.45) is 1.77. The first-order valence-electron chi connectivity index (χ1n) is 5.40. The molecule has 2 aromatic heterocycles. The number of imidazole rings is 1. The number of aromatic carboxylic acids is 1. The van der Waals surface area contributed by atoms with Crippen LogP contribution in [0.15, 0.2) is 36.7 Å². The summed E-state index contributed by atoms with van der Waals surface area (Å²) in [4.78, 5) is 16.5. The van der Waals surface area contributed by atoms with E-state index in [-0.39, 0.29) is 0 Å². The number of hydrogen-bond acceptors (Lipinski definition) is 3. The van der Waals surface area contributed by atoms with E-state index in [4.69, 9.17) is 5.11 Å². The normalized spacial score (nSPS) is 10.9. The quantitative estimate of drug-likeness (QED) is 0.768. The van der Waals surface area contributed by atoms with E-state index in [1.807, 2.05) is 35.9 Å². The van der Waals surface area contributed by atoms with Gasteiger partial charge >= 0.3 is 5.97 Å². The predicted molar refractivity (Wildman–Crippen MR) is 71.0 cm³/mol. The molecular formula is C13H10N2O2S. The average molecular weight is 258 g/mol. The van der Waals surface area contributed by atoms with Crippen LogP contribution in [-0.2, 0) is 7.05 Å². The van der Waals surface area contributed by atoms with Crippen molar-refractivity contribution in [2.24, 2.45) is 7.05 Å². The van der Waals surface area contributed by atoms with Crippen molar-refractivity contribution in [2.75, 3.05) is 0 Å². The van der Waals surface area contributed by atoms with Gasteiger partial charge in [0, 0.05) is 11.9 Å². The molecule has 0 spiro atoms. The van der Waals surface area contributed by atoms with E-state index in [0.29, 0.717) is 4.88 Å². The molecule has 90 valence electrons. The fourth-order valence-corrected chi connectivity index (χ4v) is 2.74. The largest absolute Gasteiger partial charge is 0.477 e. The first-order chi connectivity index (χ1) is 8.65. The van der Waals surface area contributed by atoms with Crippen LogP contribution in [0, 0.1) is 0 Å². The third-order valence-corrected chi connectivity index (χ3v) is 3.95. The molecule has 5 heteroatoms. The number of aryl methyl sites for hydroxylation is 1. The number of carboxylic acid groups (broad SMARTS) is 1. The minimum absolute atomic E-state index is 0.353. The third-order valence-electron chi connectivity index (χ3n) is 2.83. The fourth-order valence-electron chi connectivity index (χ4n) is 1.90. The highest BCUT2D eigenvalue weighted by molar-refractivity contribution is 7.17. The van der Waals surface area contributed by atoms with Gasteiger partial charge in [-0.15, -0.1) is 11.3 Å². The summed E-state index contributed by atoms with van der Waals surface area (Å²) in [6.45, 7) is 0. The zero-order chi connectivity index (χ0) is 12.7. The molecule has 0 unspecified atom stereocenters. The molecule has 3 rings (SSSR count). The number of thiophene rings is 1. The molecule has 0 fully saturated rings. The Bertz CT molecular complexity index is 742. The van der Waals surface area contributed by atoms with Gasteiger partial charge in [-0.05, 0) is 29.8 Å². The molecule has 0 aliphatic heterocycles. The van der Waals surface area contributed by atoms with E-state index in [2.05, 4.69) is 4.98 Å². The van der Waals surface area contributed by atoms with Gasteiger partial charge in [-0.3, -0.25) is 0 Å². The van der Waals surface area contributed by atoms with Gasteiger partial charge in [-0.1, -0.05) is 6.07 Å². The summed E-state index contributed by atoms with van der Waals surface area (Å²) in [6, 6.07) is 9.43. The molecule has 0 saturated carbocycles. The molecule has 0 aliphatic carbocycles. The number of hydrogen-bond donors (Lipinski definition) is 1. The van der Waals surface area contributed by atoms with Crippen molar-refractivity contribution >= 4 is 28.3 Å². The van der Waals surface area contributed by atoms with Gasteiger partial charge in [0.15, 0.2) is 0 Å². The Hall–Kier alpha value is -2.14. The number of rotatable bonds is 2. The lowest BCUT2D eigenvalue weighted by Gasteiger charge is -1.98. The van der Waals surface area contributed by atoms with Gasteiger partial charge in [-0.25, -0.2) is 9.78 Å². The number of carbonyl (C=O) groups is 1. The van der Waals surface area contributed by atoms with Crippen molar-refractivity contribution in [2.45, 2.75) is 0 Å². The van der Waals surface area contributed by atoms with E-state index >= 15 is 0 Å². The van der Waals surface area contributed by atoms with Crippen LogP contribution in [0.1, 0.15) is 9.67 Å². The van der Waals surface area contributed by atoms with E-state index in [1.54, 1.807) is 12.4 Å². The molecule has 18 heavy (non-hydrogen) atoms. The maximum atomic E-state index is 10.9. The first kappa shape index (κ1) is 11.0. The lowest BCUT2D eigenvalue weighted by Crippen LogP contribution is -1.89. The topological polar surface area (TPSA) is 55.1 Å². The molecule has 1 N–H and O–H groups in total. The van der Waals surface area contributed by atoms with Gasteiger partial charge < -0.3 is 9.67 Å². The molecule has 0 saturated heterocycles. The highest BCUT2D eigenvalue weighted by Crippen LogP contribution is 2.30. The smallest absolute Gasteiger partial charge is 0.345 e. The molecule has 1 aromatic carbocycles. The van der Waals surface area contributed by atoms with Crippen LogP contribution in [0.2, 0.25) is 0 Å². The van der Waals surface area contributed by atoms with E-state index in [1.165, 1.54) is 11.3 Å². The summed E-state index contributed by atoms with van der Waals surface area (Å²) >= 11 is 1.28. The maximum absolute atomic E-state index is 10.9. The van der Waals surface area contributed by atoms with Crippen molar-refractivity contribution in [1.29, 1.82) is 0 Å². The van der Waals surface area contributed by atoms with Crippen LogP contribution in [0.25, 0.3) is 21.5 Å². The second-order valence-electron chi connectivity index (χ2n) is 4.03. The molecule has 3 aromatic rings. The predicted octanol–water partition coefficient (Wildman–Crippen LogP) is 3.00. The van der Waals surface area contributed by atoms with Gasteiger partial charge in [-0.2, -0.15) is 0 Å². The minimum Gasteiger partial charge on any atom is -0.477 e. The van der Waals surface area contributed by atoms with Crippen molar-refractivity contribution in [1.82, 2.24) is 9.55 Å². The Morgan fingerprint density at radius 3 is 2.89 bits per heavy atom. The maximum Gasteiger partial charge on any atom is 0.345 e. The fraction of sp³-hybridized carbons (Fsp3) is 0.0769. The standard InChI is InChI=1S/C13H10N2O2S/c1-15-7-14-9-6-8(2-3-10(9)15)11-4-5-12(18-11)13(16)17/h2-7H,1H3,(H,16,17). The van der Waals surface area contributed by atoms with Crippen molar-refractivity contribution in [3.63, 3.8) is 0 Å². The third kappa shape index (κ3) is 1.69. The van der Waals surface area contributed by atoms with Crippen LogP contribution in [0.4, 0.5) is 0 Å². The lowest BCUT2D eigenvalue weighted by molar-refractivity contribution is 0.0702. The minimum atomic E-state index is -0.884. The summed E-state index contributed by atoms with van der Waals surface area (Å²) < 4.78 is 1.95. The Morgan fingerprint density at radius 1 is 1.33 bits per heavy atom. The molecule has 2 heterocycles. The monoisotopic (exact) mass is 258 g/mol. The highest BCUT2D eigenvalue weighted by atomic mass is 32.1. The second-order valence-corrected chi connectivity index (χ2v) is 5.11. The van der Waals surface area contributed by atoms with Crippen LogP contribution < -0.4 is 0 Å². The number of aromatic nitrogens is 2. The zero-order valence-electron chi connectivity index (χ0n) is 9.62. The SMILES string of the molecule is Cn1cnc2cc(-c3ccc(C(=O)O)s3)ccc21. The molecule has 0 aliphatic rings. The lowest BCUT2D eigenvalue weighted by atomic mass is 10.1. The van der Waals surface area contributed by atoms with Gasteiger partial charge in [0.25, 0.3) is 0 Å². The Balaban J connectivity index is 2.10. The van der Waals surface area contributed by atoms with E-state index in [9.17, 15) is 4.79 Å². The number of carboxylic acids is 1. The molecule has 0 amide bonds. The van der Waals surface area contributed by atoms with Crippen molar-refractivity contribution in [3.05, 3.63) is 41.5 Å². The zero-order valence-corrected chi connectivity index (χ0v) is 10.4. The van der Waals surface area contributed by atoms with Crippen molar-refractivity contribution in [3.8, 4) is 10.4 Å². The average Bonchev–Trinajstić information content (AvgIpc) is 2.96. The van der Waals surface area contributed by atoms with Gasteiger partial charge in [0.2, 0.25) is 0 Å². The van der Waals surface area contributed by atoms with Crippen LogP contribution >= 0.6 is 11.3 Å². The summed E-state index contributed by atoms with van der Waals surface area (Å²) in [5.74, 6) is -0.884. The number of fused-ring (bicyclic) bond motifs is 1. The van der Waals surface area contributed by atoms with E-state index in [0.717, 1.165) is 21.5 Å². The number of benzene rings is 1. The van der Waals surface area contributed by atoms with Gasteiger partial charge in [0.05, 0.1) is 17.4 Å². The summed E-state index contributed by atoms with van der Waals surface area (Å²) in [5, 5.41) is 8.91. The first-order valence-corrected chi connectivity index (χ1v) is 6.21. The summed E-state index contributed by atoms with van der Waals surface area (Å²) in [5.41, 5.74) is 2.98. The van der Waals surface area contributed by atoms with Crippen molar-refractivity contribution < 1.29 is 9.90 Å². The molecule has 4 nitrogen and oxygen atoms in total. The molecule has 0 atom stereocenters. The van der Waals surface area contributed by atoms with Gasteiger partial charge in [0.1, 0.15) is 4.88 Å². The Kier molecular flexibility index (Phi) is 2.41. The summed E-state index contributed by atoms with van der Waals surface area (Å²) in [7, 11) is 1.95. The molecule has 0 bridgehead atoms. The Labute approximate surface area is 107 Å². The van der Waals surface area contributed by atoms with E-state index < -0.39 is 5.97 Å². The number of nitrogens with zero attached hydrogens (tertiary/aromatic N) is 2. The molecule has 0 radical (unpaired) electrons. The van der Waals surface area contributed by atoms with Crippen LogP contribution in [-0.4, -0.2) is 20.6 Å².